The van der Waals surface area contributed by atoms with Crippen molar-refractivity contribution in [2.24, 2.45) is 5.41 Å². The molecule has 0 N–H and O–H groups in total. The smallest absolute Gasteiger partial charge is 0.246 e. The molecule has 1 unspecified atom stereocenters. The first kappa shape index (κ1) is 14.8. The van der Waals surface area contributed by atoms with Crippen LogP contribution in [0.4, 0.5) is 0 Å². The van der Waals surface area contributed by atoms with Gasteiger partial charge in [0.05, 0.1) is 5.41 Å². The van der Waals surface area contributed by atoms with Crippen LogP contribution in [0, 0.1) is 5.41 Å². The van der Waals surface area contributed by atoms with E-state index in [-0.39, 0.29) is 29.3 Å². The lowest BCUT2D eigenvalue weighted by Crippen LogP contribution is -2.74. The molecule has 0 aromatic heterocycles. The van der Waals surface area contributed by atoms with E-state index >= 15 is 0 Å². The van der Waals surface area contributed by atoms with Crippen LogP contribution in [0.2, 0.25) is 0 Å². The minimum absolute atomic E-state index is 0.116. The van der Waals surface area contributed by atoms with Crippen molar-refractivity contribution < 1.29 is 9.59 Å². The first-order valence-electron chi connectivity index (χ1n) is 8.27. The zero-order chi connectivity index (χ0) is 15.2. The highest BCUT2D eigenvalue weighted by Crippen LogP contribution is 2.52. The number of likely N-dealkylation sites (tertiary alicyclic amines) is 1. The fourth-order valence-electron chi connectivity index (χ4n) is 4.27. The Bertz CT molecular complexity index is 435. The molecule has 0 radical (unpaired) electrons. The molecular formula is C16H27N3O2. The molecule has 5 nitrogen and oxygen atoms in total. The third kappa shape index (κ3) is 2.17. The Morgan fingerprint density at radius 3 is 2.24 bits per heavy atom. The highest BCUT2D eigenvalue weighted by atomic mass is 16.2. The van der Waals surface area contributed by atoms with E-state index in [1.165, 1.54) is 0 Å². The van der Waals surface area contributed by atoms with Crippen molar-refractivity contribution in [1.29, 1.82) is 0 Å². The molecule has 118 valence electrons. The molecule has 2 heterocycles. The average molecular weight is 293 g/mol. The predicted octanol–water partition coefficient (Wildman–Crippen LogP) is 0.940. The second kappa shape index (κ2) is 5.27. The zero-order valence-corrected chi connectivity index (χ0v) is 13.5. The van der Waals surface area contributed by atoms with Crippen LogP contribution in [0.3, 0.4) is 0 Å². The lowest BCUT2D eigenvalue weighted by atomic mass is 9.67. The van der Waals surface area contributed by atoms with Gasteiger partial charge in [0.2, 0.25) is 11.8 Å². The van der Waals surface area contributed by atoms with Gasteiger partial charge in [0.25, 0.3) is 0 Å². The van der Waals surface area contributed by atoms with Crippen molar-refractivity contribution in [1.82, 2.24) is 14.7 Å². The number of hydrogen-bond acceptors (Lipinski definition) is 3. The molecule has 0 bridgehead atoms. The maximum atomic E-state index is 13.0. The summed E-state index contributed by atoms with van der Waals surface area (Å²) < 4.78 is 0. The van der Waals surface area contributed by atoms with Crippen LogP contribution in [0.15, 0.2) is 0 Å². The number of carbonyl (C=O) groups is 2. The quantitative estimate of drug-likeness (QED) is 0.712. The van der Waals surface area contributed by atoms with Crippen molar-refractivity contribution in [3.63, 3.8) is 0 Å². The molecule has 0 aromatic carbocycles. The van der Waals surface area contributed by atoms with Gasteiger partial charge < -0.3 is 14.7 Å². The van der Waals surface area contributed by atoms with Crippen LogP contribution in [-0.4, -0.2) is 71.8 Å². The molecule has 5 heteroatoms. The zero-order valence-electron chi connectivity index (χ0n) is 13.5. The van der Waals surface area contributed by atoms with Gasteiger partial charge in [0, 0.05) is 32.2 Å². The Hall–Kier alpha value is -1.10. The fraction of sp³-hybridized carbons (Fsp3) is 0.875. The number of piperazine rings is 1. The molecule has 1 saturated carbocycles. The number of likely N-dealkylation sites (N-methyl/N-ethyl adjacent to an activating group) is 1. The van der Waals surface area contributed by atoms with Gasteiger partial charge in [0.15, 0.2) is 0 Å². The van der Waals surface area contributed by atoms with Crippen LogP contribution < -0.4 is 0 Å². The monoisotopic (exact) mass is 293 g/mol. The van der Waals surface area contributed by atoms with Crippen molar-refractivity contribution >= 4 is 11.8 Å². The predicted molar refractivity (Wildman–Crippen MR) is 80.7 cm³/mol. The number of rotatable bonds is 2. The Balaban J connectivity index is 1.80. The first-order valence-corrected chi connectivity index (χ1v) is 8.27. The molecule has 3 fully saturated rings. The number of amides is 2. The highest BCUT2D eigenvalue weighted by molar-refractivity contribution is 6.02. The maximum absolute atomic E-state index is 13.0. The molecule has 2 amide bonds. The molecule has 1 spiro atoms. The number of β-lactam (4-membered cyclic amide) rings is 1. The van der Waals surface area contributed by atoms with Crippen LogP contribution >= 0.6 is 0 Å². The van der Waals surface area contributed by atoms with E-state index in [2.05, 4.69) is 11.9 Å². The summed E-state index contributed by atoms with van der Waals surface area (Å²) in [6.45, 7) is 7.49. The van der Waals surface area contributed by atoms with E-state index < -0.39 is 0 Å². The number of nitrogens with zero attached hydrogens (tertiary/aromatic N) is 3. The summed E-state index contributed by atoms with van der Waals surface area (Å²) in [7, 11) is 2.09. The van der Waals surface area contributed by atoms with E-state index in [9.17, 15) is 9.59 Å². The molecular weight excluding hydrogens is 266 g/mol. The van der Waals surface area contributed by atoms with Crippen molar-refractivity contribution in [2.45, 2.75) is 51.6 Å². The Morgan fingerprint density at radius 2 is 1.71 bits per heavy atom. The number of hydrogen-bond donors (Lipinski definition) is 0. The third-order valence-electron chi connectivity index (χ3n) is 5.56. The van der Waals surface area contributed by atoms with Gasteiger partial charge in [-0.25, -0.2) is 0 Å². The lowest BCUT2D eigenvalue weighted by Gasteiger charge is -2.56. The van der Waals surface area contributed by atoms with Crippen LogP contribution in [0.5, 0.6) is 0 Å². The molecule has 2 saturated heterocycles. The minimum atomic E-state index is -0.356. The van der Waals surface area contributed by atoms with Gasteiger partial charge >= 0.3 is 0 Å². The van der Waals surface area contributed by atoms with Gasteiger partial charge in [0.1, 0.15) is 6.04 Å². The van der Waals surface area contributed by atoms with Crippen LogP contribution in [0.1, 0.15) is 39.5 Å². The molecule has 2 aliphatic heterocycles. The van der Waals surface area contributed by atoms with E-state index in [0.29, 0.717) is 0 Å². The summed E-state index contributed by atoms with van der Waals surface area (Å²) in [6, 6.07) is -0.0824. The maximum Gasteiger partial charge on any atom is 0.246 e. The normalized spacial score (nSPS) is 29.3. The van der Waals surface area contributed by atoms with Crippen LogP contribution in [-0.2, 0) is 9.59 Å². The Morgan fingerprint density at radius 1 is 1.14 bits per heavy atom. The molecule has 1 atom stereocenters. The Labute approximate surface area is 127 Å². The minimum Gasteiger partial charge on any atom is -0.338 e. The SMILES string of the molecule is CC(C)N1C(=O)C2(CCCC2)C1C(=O)N1CCN(C)CC1. The van der Waals surface area contributed by atoms with Crippen LogP contribution in [0.25, 0.3) is 0 Å². The fourth-order valence-corrected chi connectivity index (χ4v) is 4.27. The second-order valence-corrected chi connectivity index (χ2v) is 7.20. The molecule has 3 rings (SSSR count). The van der Waals surface area contributed by atoms with E-state index in [1.54, 1.807) is 0 Å². The summed E-state index contributed by atoms with van der Waals surface area (Å²) in [5.41, 5.74) is -0.356. The Kier molecular flexibility index (Phi) is 3.72. The number of carbonyl (C=O) groups excluding carboxylic acids is 2. The van der Waals surface area contributed by atoms with Gasteiger partial charge in [-0.15, -0.1) is 0 Å². The summed E-state index contributed by atoms with van der Waals surface area (Å²) >= 11 is 0. The van der Waals surface area contributed by atoms with Crippen molar-refractivity contribution in [3.05, 3.63) is 0 Å². The van der Waals surface area contributed by atoms with E-state index in [0.717, 1.165) is 51.9 Å². The average Bonchev–Trinajstić information content (AvgIpc) is 2.95. The second-order valence-electron chi connectivity index (χ2n) is 7.20. The van der Waals surface area contributed by atoms with Gasteiger partial charge in [-0.05, 0) is 33.7 Å². The summed E-state index contributed by atoms with van der Waals surface area (Å²) in [4.78, 5) is 31.7. The lowest BCUT2D eigenvalue weighted by molar-refractivity contribution is -0.185. The van der Waals surface area contributed by atoms with E-state index in [4.69, 9.17) is 0 Å². The topological polar surface area (TPSA) is 43.9 Å². The first-order chi connectivity index (χ1) is 9.97. The summed E-state index contributed by atoms with van der Waals surface area (Å²) in [6.07, 6.45) is 3.98. The summed E-state index contributed by atoms with van der Waals surface area (Å²) in [5.74, 6) is 0.417. The van der Waals surface area contributed by atoms with Gasteiger partial charge in [-0.2, -0.15) is 0 Å². The summed E-state index contributed by atoms with van der Waals surface area (Å²) in [5, 5.41) is 0. The largest absolute Gasteiger partial charge is 0.338 e. The van der Waals surface area contributed by atoms with Gasteiger partial charge in [-0.3, -0.25) is 9.59 Å². The third-order valence-corrected chi connectivity index (χ3v) is 5.56. The van der Waals surface area contributed by atoms with Gasteiger partial charge in [-0.1, -0.05) is 12.8 Å². The van der Waals surface area contributed by atoms with Crippen molar-refractivity contribution in [3.8, 4) is 0 Å². The molecule has 21 heavy (non-hydrogen) atoms. The molecule has 0 aromatic rings. The highest BCUT2D eigenvalue weighted by Gasteiger charge is 2.65. The van der Waals surface area contributed by atoms with Crippen molar-refractivity contribution in [2.75, 3.05) is 33.2 Å². The standard InChI is InChI=1S/C16H27N3O2/c1-12(2)19-13(16(15(19)21)6-4-5-7-16)14(20)18-10-8-17(3)9-11-18/h12-13H,4-11H2,1-3H3. The molecule has 1 aliphatic carbocycles. The van der Waals surface area contributed by atoms with E-state index in [1.807, 2.05) is 23.6 Å². The molecule has 3 aliphatic rings.